The minimum atomic E-state index is -0.354. The Kier molecular flexibility index (Phi) is 6.73. The minimum Gasteiger partial charge on any atom is -0.326 e. The van der Waals surface area contributed by atoms with Crippen LogP contribution in [0, 0.1) is 13.8 Å². The number of aryl methyl sites for hydroxylation is 2. The number of halogens is 1. The summed E-state index contributed by atoms with van der Waals surface area (Å²) >= 11 is 3.32. The molecule has 0 heterocycles. The van der Waals surface area contributed by atoms with Crippen molar-refractivity contribution in [2.75, 3.05) is 13.6 Å². The van der Waals surface area contributed by atoms with Crippen LogP contribution in [-0.4, -0.2) is 25.4 Å². The number of benzene rings is 2. The molecule has 25 heavy (non-hydrogen) atoms. The predicted octanol–water partition coefficient (Wildman–Crippen LogP) is 1.54. The van der Waals surface area contributed by atoms with Crippen LogP contribution in [0.15, 0.2) is 46.9 Å². The standard InChI is InChI=1S/C19H22BrN3O2/c1-13-8-9-15(14(2)10-13)11-23(3)12-18(24)21-22-19(25)16-6-4-5-7-17(16)20/h4-10H,11-12H2,1-3H3,(H,21,24)(H,22,25)/p+1. The molecule has 1 unspecified atom stereocenters. The molecular formula is C19H23BrN3O2+. The van der Waals surface area contributed by atoms with Crippen molar-refractivity contribution in [3.05, 3.63) is 69.2 Å². The molecule has 2 aromatic carbocycles. The molecule has 3 N–H and O–H groups in total. The maximum atomic E-state index is 12.1. The second-order valence-corrected chi connectivity index (χ2v) is 7.08. The summed E-state index contributed by atoms with van der Waals surface area (Å²) in [5, 5.41) is 0. The fourth-order valence-electron chi connectivity index (χ4n) is 2.59. The van der Waals surface area contributed by atoms with Gasteiger partial charge in [-0.1, -0.05) is 35.9 Å². The summed E-state index contributed by atoms with van der Waals surface area (Å²) in [6.45, 7) is 5.16. The van der Waals surface area contributed by atoms with E-state index < -0.39 is 0 Å². The van der Waals surface area contributed by atoms with Gasteiger partial charge in [-0.2, -0.15) is 0 Å². The van der Waals surface area contributed by atoms with Crippen molar-refractivity contribution in [1.29, 1.82) is 0 Å². The van der Waals surface area contributed by atoms with Crippen molar-refractivity contribution in [3.63, 3.8) is 0 Å². The smallest absolute Gasteiger partial charge is 0.293 e. The van der Waals surface area contributed by atoms with Crippen LogP contribution < -0.4 is 15.8 Å². The number of carbonyl (C=O) groups excluding carboxylic acids is 2. The number of hydrazine groups is 1. The predicted molar refractivity (Wildman–Crippen MR) is 101 cm³/mol. The molecule has 0 aromatic heterocycles. The van der Waals surface area contributed by atoms with Crippen LogP contribution in [0.3, 0.4) is 0 Å². The average molecular weight is 405 g/mol. The molecule has 0 bridgehead atoms. The molecule has 6 heteroatoms. The summed E-state index contributed by atoms with van der Waals surface area (Å²) in [5.41, 5.74) is 9.05. The van der Waals surface area contributed by atoms with Crippen molar-refractivity contribution in [2.45, 2.75) is 20.4 Å². The van der Waals surface area contributed by atoms with Gasteiger partial charge in [0.25, 0.3) is 11.8 Å². The normalized spacial score (nSPS) is 11.7. The third-order valence-corrected chi connectivity index (χ3v) is 4.58. The Hall–Kier alpha value is -2.18. The molecule has 0 aliphatic heterocycles. The summed E-state index contributed by atoms with van der Waals surface area (Å²) in [4.78, 5) is 25.1. The van der Waals surface area contributed by atoms with E-state index in [2.05, 4.69) is 58.8 Å². The van der Waals surface area contributed by atoms with Crippen LogP contribution in [0.1, 0.15) is 27.0 Å². The first kappa shape index (κ1) is 19.1. The van der Waals surface area contributed by atoms with Crippen LogP contribution >= 0.6 is 15.9 Å². The summed E-state index contributed by atoms with van der Waals surface area (Å²) in [5.74, 6) is -0.587. The number of nitrogens with one attached hydrogen (secondary N) is 3. The lowest BCUT2D eigenvalue weighted by atomic mass is 10.1. The van der Waals surface area contributed by atoms with E-state index in [0.717, 1.165) is 11.4 Å². The molecule has 5 nitrogen and oxygen atoms in total. The fourth-order valence-corrected chi connectivity index (χ4v) is 3.05. The third kappa shape index (κ3) is 5.69. The van der Waals surface area contributed by atoms with Gasteiger partial charge in [-0.3, -0.25) is 20.4 Å². The average Bonchev–Trinajstić information content (AvgIpc) is 2.55. The second kappa shape index (κ2) is 8.78. The van der Waals surface area contributed by atoms with E-state index in [1.54, 1.807) is 18.2 Å². The van der Waals surface area contributed by atoms with Crippen molar-refractivity contribution in [3.8, 4) is 0 Å². The molecule has 2 aromatic rings. The van der Waals surface area contributed by atoms with Crippen molar-refractivity contribution in [2.24, 2.45) is 0 Å². The highest BCUT2D eigenvalue weighted by molar-refractivity contribution is 9.10. The lowest BCUT2D eigenvalue weighted by Gasteiger charge is -2.16. The molecule has 0 saturated carbocycles. The zero-order valence-electron chi connectivity index (χ0n) is 14.7. The first-order valence-corrected chi connectivity index (χ1v) is 8.87. The summed E-state index contributed by atoms with van der Waals surface area (Å²) in [7, 11) is 1.95. The van der Waals surface area contributed by atoms with Crippen LogP contribution in [0.2, 0.25) is 0 Å². The van der Waals surface area contributed by atoms with Gasteiger partial charge in [0.2, 0.25) is 0 Å². The van der Waals surface area contributed by atoms with Crippen LogP contribution in [0.25, 0.3) is 0 Å². The molecule has 2 rings (SSSR count). The molecule has 0 radical (unpaired) electrons. The highest BCUT2D eigenvalue weighted by Crippen LogP contribution is 2.15. The quantitative estimate of drug-likeness (QED) is 0.661. The lowest BCUT2D eigenvalue weighted by molar-refractivity contribution is -0.885. The molecule has 0 spiro atoms. The van der Waals surface area contributed by atoms with E-state index in [0.29, 0.717) is 10.0 Å². The second-order valence-electron chi connectivity index (χ2n) is 6.22. The van der Waals surface area contributed by atoms with Gasteiger partial charge < -0.3 is 4.90 Å². The van der Waals surface area contributed by atoms with Crippen molar-refractivity contribution in [1.82, 2.24) is 10.9 Å². The maximum absolute atomic E-state index is 12.1. The van der Waals surface area contributed by atoms with Gasteiger partial charge in [0.05, 0.1) is 12.6 Å². The number of rotatable bonds is 5. The van der Waals surface area contributed by atoms with Crippen LogP contribution in [0.4, 0.5) is 0 Å². The summed E-state index contributed by atoms with van der Waals surface area (Å²) in [6, 6.07) is 13.4. The lowest BCUT2D eigenvalue weighted by Crippen LogP contribution is -3.09. The number of likely N-dealkylation sites (N-methyl/N-ethyl adjacent to an activating group) is 1. The SMILES string of the molecule is Cc1ccc(C[NH+](C)CC(=O)NNC(=O)c2ccccc2Br)c(C)c1. The molecule has 132 valence electrons. The Morgan fingerprint density at radius 1 is 1.08 bits per heavy atom. The van der Waals surface area contributed by atoms with E-state index in [9.17, 15) is 9.59 Å². The van der Waals surface area contributed by atoms with Crippen molar-refractivity contribution >= 4 is 27.7 Å². The van der Waals surface area contributed by atoms with E-state index >= 15 is 0 Å². The van der Waals surface area contributed by atoms with Gasteiger partial charge in [0.1, 0.15) is 6.54 Å². The molecular weight excluding hydrogens is 382 g/mol. The van der Waals surface area contributed by atoms with E-state index in [4.69, 9.17) is 0 Å². The van der Waals surface area contributed by atoms with Gasteiger partial charge in [-0.25, -0.2) is 0 Å². The van der Waals surface area contributed by atoms with Crippen LogP contribution in [-0.2, 0) is 11.3 Å². The van der Waals surface area contributed by atoms with Crippen molar-refractivity contribution < 1.29 is 14.5 Å². The van der Waals surface area contributed by atoms with Gasteiger partial charge in [-0.15, -0.1) is 0 Å². The topological polar surface area (TPSA) is 62.6 Å². The largest absolute Gasteiger partial charge is 0.326 e. The molecule has 0 aliphatic carbocycles. The fraction of sp³-hybridized carbons (Fsp3) is 0.263. The first-order valence-electron chi connectivity index (χ1n) is 8.08. The molecule has 0 saturated heterocycles. The maximum Gasteiger partial charge on any atom is 0.293 e. The number of quaternary nitrogens is 1. The number of hydrogen-bond donors (Lipinski definition) is 3. The van der Waals surface area contributed by atoms with E-state index in [1.807, 2.05) is 13.1 Å². The Balaban J connectivity index is 1.83. The number of carbonyl (C=O) groups is 2. The number of amides is 2. The Morgan fingerprint density at radius 3 is 2.48 bits per heavy atom. The summed E-state index contributed by atoms with van der Waals surface area (Å²) in [6.07, 6.45) is 0. The van der Waals surface area contributed by atoms with Crippen LogP contribution in [0.5, 0.6) is 0 Å². The molecule has 0 fully saturated rings. The highest BCUT2D eigenvalue weighted by Gasteiger charge is 2.14. The van der Waals surface area contributed by atoms with Gasteiger partial charge in [0.15, 0.2) is 6.54 Å². The monoisotopic (exact) mass is 404 g/mol. The Bertz CT molecular complexity index is 777. The number of hydrogen-bond acceptors (Lipinski definition) is 2. The Morgan fingerprint density at radius 2 is 1.80 bits per heavy atom. The van der Waals surface area contributed by atoms with E-state index in [-0.39, 0.29) is 18.4 Å². The molecule has 2 amide bonds. The minimum absolute atomic E-state index is 0.234. The zero-order valence-corrected chi connectivity index (χ0v) is 16.2. The summed E-state index contributed by atoms with van der Waals surface area (Å²) < 4.78 is 0.680. The molecule has 0 aliphatic rings. The highest BCUT2D eigenvalue weighted by atomic mass is 79.9. The zero-order chi connectivity index (χ0) is 18.4. The van der Waals surface area contributed by atoms with Gasteiger partial charge in [-0.05, 0) is 47.5 Å². The van der Waals surface area contributed by atoms with Gasteiger partial charge in [0, 0.05) is 10.0 Å². The Labute approximate surface area is 156 Å². The third-order valence-electron chi connectivity index (χ3n) is 3.89. The van der Waals surface area contributed by atoms with E-state index in [1.165, 1.54) is 16.7 Å². The van der Waals surface area contributed by atoms with Gasteiger partial charge >= 0.3 is 0 Å². The molecule has 1 atom stereocenters. The first-order chi connectivity index (χ1) is 11.9.